The average Bonchev–Trinajstić information content (AvgIpc) is 3.09. The van der Waals surface area contributed by atoms with Crippen LogP contribution in [0.4, 0.5) is 9.18 Å². The Kier molecular flexibility index (Phi) is 4.25. The highest BCUT2D eigenvalue weighted by Crippen LogP contribution is 2.41. The molecule has 0 aliphatic heterocycles. The molecule has 25 heavy (non-hydrogen) atoms. The van der Waals surface area contributed by atoms with Gasteiger partial charge in [-0.2, -0.15) is 9.78 Å². The number of rotatable bonds is 3. The van der Waals surface area contributed by atoms with Crippen LogP contribution in [0, 0.1) is 5.82 Å². The Morgan fingerprint density at radius 2 is 1.76 bits per heavy atom. The van der Waals surface area contributed by atoms with Crippen molar-refractivity contribution in [1.82, 2.24) is 15.1 Å². The van der Waals surface area contributed by atoms with E-state index in [4.69, 9.17) is 0 Å². The van der Waals surface area contributed by atoms with Crippen LogP contribution in [0.1, 0.15) is 5.56 Å². The SMILES string of the molecule is O=C(NCc1ccc(F)cc1)n1ccc(-c2ccc(O)c(O)c2O)n1. The van der Waals surface area contributed by atoms with Crippen LogP contribution in [0.25, 0.3) is 11.3 Å². The molecule has 1 aromatic heterocycles. The first-order valence-electron chi connectivity index (χ1n) is 7.28. The first-order chi connectivity index (χ1) is 12.0. The average molecular weight is 343 g/mol. The normalized spacial score (nSPS) is 10.6. The monoisotopic (exact) mass is 343 g/mol. The van der Waals surface area contributed by atoms with Crippen molar-refractivity contribution in [1.29, 1.82) is 0 Å². The second-order valence-electron chi connectivity index (χ2n) is 5.26. The van der Waals surface area contributed by atoms with Gasteiger partial charge < -0.3 is 20.6 Å². The third-order valence-electron chi connectivity index (χ3n) is 3.56. The number of halogens is 1. The van der Waals surface area contributed by atoms with E-state index in [1.54, 1.807) is 12.1 Å². The molecule has 4 N–H and O–H groups in total. The van der Waals surface area contributed by atoms with Crippen LogP contribution in [0.2, 0.25) is 0 Å². The number of phenols is 3. The van der Waals surface area contributed by atoms with E-state index in [1.807, 2.05) is 0 Å². The summed E-state index contributed by atoms with van der Waals surface area (Å²) in [6.07, 6.45) is 1.39. The molecular formula is C17H14FN3O4. The van der Waals surface area contributed by atoms with E-state index in [-0.39, 0.29) is 23.6 Å². The van der Waals surface area contributed by atoms with Crippen molar-refractivity contribution >= 4 is 6.03 Å². The van der Waals surface area contributed by atoms with Crippen molar-refractivity contribution in [2.75, 3.05) is 0 Å². The molecule has 0 saturated carbocycles. The van der Waals surface area contributed by atoms with Gasteiger partial charge >= 0.3 is 6.03 Å². The zero-order valence-corrected chi connectivity index (χ0v) is 12.8. The second-order valence-corrected chi connectivity index (χ2v) is 5.26. The summed E-state index contributed by atoms with van der Waals surface area (Å²) in [5.41, 5.74) is 1.13. The van der Waals surface area contributed by atoms with Crippen LogP contribution in [0.15, 0.2) is 48.7 Å². The summed E-state index contributed by atoms with van der Waals surface area (Å²) in [7, 11) is 0. The summed E-state index contributed by atoms with van der Waals surface area (Å²) in [4.78, 5) is 12.1. The maximum Gasteiger partial charge on any atom is 0.342 e. The molecule has 128 valence electrons. The maximum atomic E-state index is 12.8. The van der Waals surface area contributed by atoms with Gasteiger partial charge in [0.25, 0.3) is 0 Å². The Morgan fingerprint density at radius 3 is 2.48 bits per heavy atom. The Morgan fingerprint density at radius 1 is 1.04 bits per heavy atom. The Labute approximate surface area is 141 Å². The topological polar surface area (TPSA) is 108 Å². The van der Waals surface area contributed by atoms with E-state index >= 15 is 0 Å². The lowest BCUT2D eigenvalue weighted by atomic mass is 10.1. The van der Waals surface area contributed by atoms with Gasteiger partial charge in [0.1, 0.15) is 5.82 Å². The van der Waals surface area contributed by atoms with Crippen molar-refractivity contribution < 1.29 is 24.5 Å². The van der Waals surface area contributed by atoms with Gasteiger partial charge in [-0.05, 0) is 35.9 Å². The lowest BCUT2D eigenvalue weighted by molar-refractivity contribution is 0.239. The largest absolute Gasteiger partial charge is 0.504 e. The minimum Gasteiger partial charge on any atom is -0.504 e. The van der Waals surface area contributed by atoms with Crippen LogP contribution in [-0.2, 0) is 6.54 Å². The van der Waals surface area contributed by atoms with Crippen LogP contribution >= 0.6 is 0 Å². The summed E-state index contributed by atoms with van der Waals surface area (Å²) in [6, 6.07) is 9.25. The fourth-order valence-electron chi connectivity index (χ4n) is 2.22. The van der Waals surface area contributed by atoms with E-state index in [0.29, 0.717) is 0 Å². The molecule has 7 nitrogen and oxygen atoms in total. The first-order valence-corrected chi connectivity index (χ1v) is 7.28. The summed E-state index contributed by atoms with van der Waals surface area (Å²) < 4.78 is 13.9. The molecule has 3 rings (SSSR count). The highest BCUT2D eigenvalue weighted by atomic mass is 19.1. The number of nitrogens with one attached hydrogen (secondary N) is 1. The van der Waals surface area contributed by atoms with Gasteiger partial charge in [-0.1, -0.05) is 12.1 Å². The van der Waals surface area contributed by atoms with E-state index in [2.05, 4.69) is 10.4 Å². The molecule has 0 aliphatic rings. The molecule has 1 amide bonds. The number of aromatic nitrogens is 2. The lowest BCUT2D eigenvalue weighted by Gasteiger charge is -2.06. The molecule has 0 unspecified atom stereocenters. The highest BCUT2D eigenvalue weighted by molar-refractivity contribution is 5.78. The minimum atomic E-state index is -0.659. The lowest BCUT2D eigenvalue weighted by Crippen LogP contribution is -2.28. The standard InChI is InChI=1S/C17H14FN3O4/c18-11-3-1-10(2-4-11)9-19-17(25)21-8-7-13(20-21)12-5-6-14(22)16(24)15(12)23/h1-8,22-24H,9H2,(H,19,25). The molecule has 0 aliphatic carbocycles. The van der Waals surface area contributed by atoms with Gasteiger partial charge in [-0.15, -0.1) is 0 Å². The number of benzene rings is 2. The number of nitrogens with zero attached hydrogens (tertiary/aromatic N) is 2. The Balaban J connectivity index is 1.73. The number of hydrogen-bond acceptors (Lipinski definition) is 5. The molecule has 0 radical (unpaired) electrons. The van der Waals surface area contributed by atoms with Crippen LogP contribution < -0.4 is 5.32 Å². The maximum absolute atomic E-state index is 12.8. The molecule has 8 heteroatoms. The molecule has 2 aromatic carbocycles. The number of hydrogen-bond donors (Lipinski definition) is 4. The fraction of sp³-hybridized carbons (Fsp3) is 0.0588. The predicted molar refractivity (Wildman–Crippen MR) is 86.7 cm³/mol. The van der Waals surface area contributed by atoms with Crippen LogP contribution in [-0.4, -0.2) is 31.1 Å². The van der Waals surface area contributed by atoms with E-state index < -0.39 is 23.3 Å². The van der Waals surface area contributed by atoms with Crippen molar-refractivity contribution in [2.45, 2.75) is 6.54 Å². The zero-order valence-electron chi connectivity index (χ0n) is 12.8. The summed E-state index contributed by atoms with van der Waals surface area (Å²) in [5.74, 6) is -2.01. The van der Waals surface area contributed by atoms with Crippen molar-refractivity contribution in [3.63, 3.8) is 0 Å². The number of aromatic hydroxyl groups is 3. The molecule has 3 aromatic rings. The number of carbonyl (C=O) groups is 1. The van der Waals surface area contributed by atoms with Crippen LogP contribution in [0.5, 0.6) is 17.2 Å². The van der Waals surface area contributed by atoms with Crippen molar-refractivity contribution in [3.8, 4) is 28.5 Å². The van der Waals surface area contributed by atoms with E-state index in [9.17, 15) is 24.5 Å². The third kappa shape index (κ3) is 3.37. The molecule has 0 saturated heterocycles. The first kappa shape index (κ1) is 16.3. The predicted octanol–water partition coefficient (Wildman–Crippen LogP) is 2.56. The minimum absolute atomic E-state index is 0.167. The third-order valence-corrected chi connectivity index (χ3v) is 3.56. The molecule has 0 spiro atoms. The zero-order chi connectivity index (χ0) is 18.0. The molecule has 0 fully saturated rings. The summed E-state index contributed by atoms with van der Waals surface area (Å²) >= 11 is 0. The molecule has 1 heterocycles. The number of amides is 1. The number of phenolic OH excluding ortho intramolecular Hbond substituents is 3. The van der Waals surface area contributed by atoms with Gasteiger partial charge in [0.2, 0.25) is 5.75 Å². The van der Waals surface area contributed by atoms with Gasteiger partial charge in [-0.3, -0.25) is 0 Å². The van der Waals surface area contributed by atoms with Gasteiger partial charge in [-0.25, -0.2) is 9.18 Å². The molecular weight excluding hydrogens is 329 g/mol. The van der Waals surface area contributed by atoms with Crippen molar-refractivity contribution in [2.24, 2.45) is 0 Å². The van der Waals surface area contributed by atoms with E-state index in [0.717, 1.165) is 10.2 Å². The van der Waals surface area contributed by atoms with Crippen molar-refractivity contribution in [3.05, 3.63) is 60.0 Å². The fourth-order valence-corrected chi connectivity index (χ4v) is 2.22. The highest BCUT2D eigenvalue weighted by Gasteiger charge is 2.16. The summed E-state index contributed by atoms with van der Waals surface area (Å²) in [5, 5.41) is 35.4. The van der Waals surface area contributed by atoms with Crippen LogP contribution in [0.3, 0.4) is 0 Å². The second kappa shape index (κ2) is 6.52. The number of carbonyl (C=O) groups excluding carboxylic acids is 1. The smallest absolute Gasteiger partial charge is 0.342 e. The Bertz CT molecular complexity index is 922. The summed E-state index contributed by atoms with van der Waals surface area (Å²) in [6.45, 7) is 0.194. The van der Waals surface area contributed by atoms with Gasteiger partial charge in [0.15, 0.2) is 11.5 Å². The Hall–Kier alpha value is -3.55. The quantitative estimate of drug-likeness (QED) is 0.547. The molecule has 0 bridgehead atoms. The van der Waals surface area contributed by atoms with Gasteiger partial charge in [0.05, 0.1) is 5.69 Å². The van der Waals surface area contributed by atoms with Gasteiger partial charge in [0, 0.05) is 18.3 Å². The van der Waals surface area contributed by atoms with E-state index in [1.165, 1.54) is 36.5 Å². The molecule has 0 atom stereocenters.